The highest BCUT2D eigenvalue weighted by Crippen LogP contribution is 2.51. The summed E-state index contributed by atoms with van der Waals surface area (Å²) in [6, 6.07) is 12.7. The van der Waals surface area contributed by atoms with Crippen LogP contribution in [0.15, 0.2) is 41.2 Å². The molecule has 142 valence electrons. The molecule has 1 aromatic heterocycles. The van der Waals surface area contributed by atoms with Gasteiger partial charge in [-0.25, -0.2) is 0 Å². The van der Waals surface area contributed by atoms with E-state index in [1.165, 1.54) is 12.0 Å². The van der Waals surface area contributed by atoms with E-state index in [0.717, 1.165) is 49.7 Å². The topological polar surface area (TPSA) is 61.5 Å². The first-order valence-electron chi connectivity index (χ1n) is 9.96. The van der Waals surface area contributed by atoms with Crippen LogP contribution < -0.4 is 15.4 Å². The van der Waals surface area contributed by atoms with Crippen LogP contribution in [0.2, 0.25) is 0 Å². The molecule has 0 amide bonds. The van der Waals surface area contributed by atoms with Gasteiger partial charge in [-0.3, -0.25) is 9.78 Å². The third-order valence-electron chi connectivity index (χ3n) is 6.14. The number of fused-ring (bicyclic) bond motifs is 1. The maximum Gasteiger partial charge on any atom is 0.254 e. The second kappa shape index (κ2) is 6.68. The Morgan fingerprint density at radius 2 is 2.11 bits per heavy atom. The van der Waals surface area contributed by atoms with Crippen molar-refractivity contribution in [1.29, 1.82) is 0 Å². The van der Waals surface area contributed by atoms with Crippen molar-refractivity contribution in [2.24, 2.45) is 11.8 Å². The van der Waals surface area contributed by atoms with Crippen LogP contribution in [0, 0.1) is 11.8 Å². The van der Waals surface area contributed by atoms with E-state index in [9.17, 15) is 4.79 Å². The Labute approximate surface area is 159 Å². The van der Waals surface area contributed by atoms with Gasteiger partial charge in [0.05, 0.1) is 12.7 Å². The van der Waals surface area contributed by atoms with Gasteiger partial charge in [0.1, 0.15) is 5.82 Å². The molecule has 1 aliphatic carbocycles. The quantitative estimate of drug-likeness (QED) is 0.898. The zero-order valence-electron chi connectivity index (χ0n) is 15.7. The number of rotatable bonds is 4. The van der Waals surface area contributed by atoms with E-state index in [0.29, 0.717) is 12.6 Å². The highest BCUT2D eigenvalue weighted by atomic mass is 16.5. The molecule has 1 aromatic carbocycles. The lowest BCUT2D eigenvalue weighted by Gasteiger charge is -2.33. The van der Waals surface area contributed by atoms with E-state index in [1.54, 1.807) is 6.07 Å². The lowest BCUT2D eigenvalue weighted by molar-refractivity contribution is 0.0529. The minimum Gasteiger partial charge on any atom is -0.375 e. The summed E-state index contributed by atoms with van der Waals surface area (Å²) in [4.78, 5) is 24.7. The molecule has 27 heavy (non-hydrogen) atoms. The normalized spacial score (nSPS) is 29.7. The summed E-state index contributed by atoms with van der Waals surface area (Å²) in [5, 5.41) is 0. The number of H-pyrrole nitrogens is 1. The van der Waals surface area contributed by atoms with E-state index >= 15 is 0 Å². The summed E-state index contributed by atoms with van der Waals surface area (Å²) in [6.45, 7) is 5.28. The third-order valence-corrected chi connectivity index (χ3v) is 6.14. The largest absolute Gasteiger partial charge is 0.375 e. The Balaban J connectivity index is 1.42. The number of aromatic nitrogens is 2. The zero-order chi connectivity index (χ0) is 18.4. The molecule has 5 rings (SSSR count). The average Bonchev–Trinajstić information content (AvgIpc) is 3.36. The standard InChI is InChI=1S/C21H26N4O2/c1-14-12-24(7-8-27-14)19-11-20(26)23-21(22-19)25-13-16-10-17(16)18(25)9-15-5-3-2-4-6-15/h2-6,11,14,16-18H,7-10,12-13H2,1H3,(H,22,23,26)/t14?,16-,17-,18-/m0/s1. The van der Waals surface area contributed by atoms with Crippen molar-refractivity contribution in [3.05, 3.63) is 52.3 Å². The van der Waals surface area contributed by atoms with Crippen LogP contribution in [0.4, 0.5) is 11.8 Å². The van der Waals surface area contributed by atoms with Crippen LogP contribution in [0.5, 0.6) is 0 Å². The number of morpholine rings is 1. The zero-order valence-corrected chi connectivity index (χ0v) is 15.7. The molecule has 6 nitrogen and oxygen atoms in total. The number of piperidine rings is 1. The Hall–Kier alpha value is -2.34. The summed E-state index contributed by atoms with van der Waals surface area (Å²) in [7, 11) is 0. The number of hydrogen-bond acceptors (Lipinski definition) is 5. The van der Waals surface area contributed by atoms with Crippen molar-refractivity contribution in [2.45, 2.75) is 31.9 Å². The lowest BCUT2D eigenvalue weighted by atomic mass is 10.0. The number of ether oxygens (including phenoxy) is 1. The molecule has 1 N–H and O–H groups in total. The highest BCUT2D eigenvalue weighted by molar-refractivity contribution is 5.47. The van der Waals surface area contributed by atoms with Gasteiger partial charge < -0.3 is 14.5 Å². The van der Waals surface area contributed by atoms with E-state index in [-0.39, 0.29) is 11.7 Å². The number of nitrogens with one attached hydrogen (secondary N) is 1. The van der Waals surface area contributed by atoms with Crippen molar-refractivity contribution in [1.82, 2.24) is 9.97 Å². The van der Waals surface area contributed by atoms with Gasteiger partial charge in [-0.2, -0.15) is 4.98 Å². The SMILES string of the molecule is CC1CN(c2cc(=O)[nH]c(N3C[C@@H]4C[C@@H]4[C@@H]3Cc3ccccc3)n2)CCO1. The first-order valence-corrected chi connectivity index (χ1v) is 9.96. The Morgan fingerprint density at radius 1 is 1.26 bits per heavy atom. The Bertz CT molecular complexity index is 868. The number of anilines is 2. The van der Waals surface area contributed by atoms with Gasteiger partial charge in [0, 0.05) is 31.7 Å². The van der Waals surface area contributed by atoms with E-state index in [4.69, 9.17) is 9.72 Å². The molecular formula is C21H26N4O2. The van der Waals surface area contributed by atoms with Crippen molar-refractivity contribution in [3.8, 4) is 0 Å². The highest BCUT2D eigenvalue weighted by Gasteiger charge is 2.52. The minimum absolute atomic E-state index is 0.0758. The monoisotopic (exact) mass is 366 g/mol. The van der Waals surface area contributed by atoms with Crippen molar-refractivity contribution < 1.29 is 4.74 Å². The number of nitrogens with zero attached hydrogens (tertiary/aromatic N) is 3. The molecule has 0 radical (unpaired) electrons. The lowest BCUT2D eigenvalue weighted by Crippen LogP contribution is -2.43. The van der Waals surface area contributed by atoms with Crippen LogP contribution in [0.3, 0.4) is 0 Å². The Kier molecular flexibility index (Phi) is 4.16. The molecule has 2 aromatic rings. The molecule has 3 aliphatic rings. The van der Waals surface area contributed by atoms with Crippen LogP contribution in [-0.4, -0.2) is 48.4 Å². The number of aromatic amines is 1. The molecule has 1 saturated carbocycles. The molecule has 3 heterocycles. The number of hydrogen-bond donors (Lipinski definition) is 1. The molecule has 6 heteroatoms. The maximum absolute atomic E-state index is 12.4. The molecule has 2 aliphatic heterocycles. The molecule has 0 bridgehead atoms. The van der Waals surface area contributed by atoms with Gasteiger partial charge in [-0.05, 0) is 37.2 Å². The fourth-order valence-electron chi connectivity index (χ4n) is 4.69. The van der Waals surface area contributed by atoms with Crippen LogP contribution in [0.25, 0.3) is 0 Å². The second-order valence-corrected chi connectivity index (χ2v) is 8.12. The summed E-state index contributed by atoms with van der Waals surface area (Å²) < 4.78 is 5.63. The van der Waals surface area contributed by atoms with Crippen molar-refractivity contribution >= 4 is 11.8 Å². The summed E-state index contributed by atoms with van der Waals surface area (Å²) in [5.41, 5.74) is 1.27. The van der Waals surface area contributed by atoms with Gasteiger partial charge in [0.25, 0.3) is 5.56 Å². The average molecular weight is 366 g/mol. The predicted octanol–water partition coefficient (Wildman–Crippen LogP) is 2.06. The van der Waals surface area contributed by atoms with Crippen molar-refractivity contribution in [2.75, 3.05) is 36.0 Å². The Morgan fingerprint density at radius 3 is 2.93 bits per heavy atom. The first-order chi connectivity index (χ1) is 13.2. The molecule has 0 spiro atoms. The second-order valence-electron chi connectivity index (χ2n) is 8.12. The molecular weight excluding hydrogens is 340 g/mol. The maximum atomic E-state index is 12.4. The summed E-state index contributed by atoms with van der Waals surface area (Å²) >= 11 is 0. The number of benzene rings is 1. The molecule has 4 atom stereocenters. The van der Waals surface area contributed by atoms with Gasteiger partial charge in [-0.15, -0.1) is 0 Å². The van der Waals surface area contributed by atoms with Gasteiger partial charge >= 0.3 is 0 Å². The fourth-order valence-corrected chi connectivity index (χ4v) is 4.69. The van der Waals surface area contributed by atoms with Crippen LogP contribution in [-0.2, 0) is 11.2 Å². The van der Waals surface area contributed by atoms with E-state index in [2.05, 4.69) is 52.0 Å². The molecule has 1 unspecified atom stereocenters. The fraction of sp³-hybridized carbons (Fsp3) is 0.524. The first kappa shape index (κ1) is 16.8. The summed E-state index contributed by atoms with van der Waals surface area (Å²) in [6.07, 6.45) is 2.47. The minimum atomic E-state index is -0.0758. The smallest absolute Gasteiger partial charge is 0.254 e. The van der Waals surface area contributed by atoms with Crippen molar-refractivity contribution in [3.63, 3.8) is 0 Å². The van der Waals surface area contributed by atoms with E-state index < -0.39 is 0 Å². The van der Waals surface area contributed by atoms with Crippen LogP contribution in [0.1, 0.15) is 18.9 Å². The molecule has 3 fully saturated rings. The third kappa shape index (κ3) is 3.34. The molecule has 2 saturated heterocycles. The van der Waals surface area contributed by atoms with E-state index in [1.807, 2.05) is 0 Å². The van der Waals surface area contributed by atoms with Gasteiger partial charge in [0.2, 0.25) is 5.95 Å². The summed E-state index contributed by atoms with van der Waals surface area (Å²) in [5.74, 6) is 2.96. The van der Waals surface area contributed by atoms with Crippen LogP contribution >= 0.6 is 0 Å². The van der Waals surface area contributed by atoms with Gasteiger partial charge in [-0.1, -0.05) is 30.3 Å². The predicted molar refractivity (Wildman–Crippen MR) is 105 cm³/mol. The van der Waals surface area contributed by atoms with Gasteiger partial charge in [0.15, 0.2) is 0 Å².